The third kappa shape index (κ3) is 4.42. The molecular formula is C18H28ClN5. The molecule has 1 aliphatic heterocycles. The van der Waals surface area contributed by atoms with Crippen LogP contribution in [0.15, 0.2) is 30.5 Å². The molecule has 1 aliphatic rings. The van der Waals surface area contributed by atoms with Crippen molar-refractivity contribution in [3.63, 3.8) is 0 Å². The van der Waals surface area contributed by atoms with Crippen LogP contribution in [0.1, 0.15) is 32.0 Å². The standard InChI is InChI=1S/C18H27N5.ClH/c1-18(2,3)17-14(13-21-22-17)12-20-15-5-4-6-16(11-15)23-9-7-19-8-10-23;/h4-6,11,13,19-20H,7-10,12H2,1-3H3,(H,21,22);1H. The molecule has 3 rings (SSSR count). The summed E-state index contributed by atoms with van der Waals surface area (Å²) < 4.78 is 0. The fraction of sp³-hybridized carbons (Fsp3) is 0.500. The van der Waals surface area contributed by atoms with Gasteiger partial charge in [0.25, 0.3) is 0 Å². The van der Waals surface area contributed by atoms with Crippen LogP contribution in [0.2, 0.25) is 0 Å². The van der Waals surface area contributed by atoms with E-state index >= 15 is 0 Å². The van der Waals surface area contributed by atoms with Crippen LogP contribution in [-0.4, -0.2) is 36.4 Å². The molecule has 132 valence electrons. The molecule has 2 heterocycles. The highest BCUT2D eigenvalue weighted by atomic mass is 35.5. The molecular weight excluding hydrogens is 322 g/mol. The lowest BCUT2D eigenvalue weighted by molar-refractivity contribution is 0.561. The molecule has 5 nitrogen and oxygen atoms in total. The monoisotopic (exact) mass is 349 g/mol. The summed E-state index contributed by atoms with van der Waals surface area (Å²) in [4.78, 5) is 2.43. The highest BCUT2D eigenvalue weighted by Gasteiger charge is 2.19. The quantitative estimate of drug-likeness (QED) is 0.793. The average molecular weight is 350 g/mol. The van der Waals surface area contributed by atoms with Gasteiger partial charge in [-0.05, 0) is 18.2 Å². The van der Waals surface area contributed by atoms with Crippen LogP contribution < -0.4 is 15.5 Å². The van der Waals surface area contributed by atoms with Crippen LogP contribution in [0, 0.1) is 0 Å². The summed E-state index contributed by atoms with van der Waals surface area (Å²) in [5.41, 5.74) is 4.95. The number of hydrogen-bond donors (Lipinski definition) is 3. The van der Waals surface area contributed by atoms with Gasteiger partial charge < -0.3 is 15.5 Å². The van der Waals surface area contributed by atoms with Gasteiger partial charge in [0.15, 0.2) is 0 Å². The molecule has 0 radical (unpaired) electrons. The van der Waals surface area contributed by atoms with E-state index < -0.39 is 0 Å². The van der Waals surface area contributed by atoms with E-state index in [1.807, 2.05) is 6.20 Å². The molecule has 3 N–H and O–H groups in total. The van der Waals surface area contributed by atoms with Gasteiger partial charge in [0.2, 0.25) is 0 Å². The van der Waals surface area contributed by atoms with Crippen LogP contribution in [0.3, 0.4) is 0 Å². The maximum Gasteiger partial charge on any atom is 0.0540 e. The zero-order valence-electron chi connectivity index (χ0n) is 14.7. The van der Waals surface area contributed by atoms with Crippen LogP contribution in [0.5, 0.6) is 0 Å². The first-order valence-electron chi connectivity index (χ1n) is 8.36. The fourth-order valence-corrected chi connectivity index (χ4v) is 3.03. The first-order valence-corrected chi connectivity index (χ1v) is 8.36. The average Bonchev–Trinajstić information content (AvgIpc) is 3.03. The Labute approximate surface area is 150 Å². The van der Waals surface area contributed by atoms with Gasteiger partial charge >= 0.3 is 0 Å². The van der Waals surface area contributed by atoms with Crippen molar-refractivity contribution in [1.82, 2.24) is 15.5 Å². The summed E-state index contributed by atoms with van der Waals surface area (Å²) in [6.45, 7) is 11.6. The molecule has 2 aromatic rings. The Hall–Kier alpha value is -1.72. The second-order valence-electron chi connectivity index (χ2n) is 7.16. The van der Waals surface area contributed by atoms with E-state index in [-0.39, 0.29) is 17.8 Å². The normalized spacial score (nSPS) is 15.0. The molecule has 24 heavy (non-hydrogen) atoms. The maximum absolute atomic E-state index is 4.21. The van der Waals surface area contributed by atoms with Crippen LogP contribution in [0.25, 0.3) is 0 Å². The minimum absolute atomic E-state index is 0. The van der Waals surface area contributed by atoms with Crippen molar-refractivity contribution in [3.05, 3.63) is 41.7 Å². The van der Waals surface area contributed by atoms with Gasteiger partial charge in [-0.1, -0.05) is 26.8 Å². The van der Waals surface area contributed by atoms with E-state index in [4.69, 9.17) is 0 Å². The Kier molecular flexibility index (Phi) is 6.13. The van der Waals surface area contributed by atoms with E-state index in [0.717, 1.165) is 38.4 Å². The molecule has 1 aromatic heterocycles. The number of H-pyrrole nitrogens is 1. The maximum atomic E-state index is 4.21. The van der Waals surface area contributed by atoms with Gasteiger partial charge in [-0.3, -0.25) is 5.10 Å². The number of hydrogen-bond acceptors (Lipinski definition) is 4. The summed E-state index contributed by atoms with van der Waals surface area (Å²) in [5.74, 6) is 0. The van der Waals surface area contributed by atoms with Crippen molar-refractivity contribution in [1.29, 1.82) is 0 Å². The minimum Gasteiger partial charge on any atom is -0.381 e. The number of nitrogens with one attached hydrogen (secondary N) is 3. The number of rotatable bonds is 4. The van der Waals surface area contributed by atoms with Crippen molar-refractivity contribution in [2.75, 3.05) is 36.4 Å². The van der Waals surface area contributed by atoms with Gasteiger partial charge in [0, 0.05) is 60.8 Å². The number of aromatic amines is 1. The van der Waals surface area contributed by atoms with Crippen LogP contribution in [-0.2, 0) is 12.0 Å². The van der Waals surface area contributed by atoms with Gasteiger partial charge in [-0.15, -0.1) is 12.4 Å². The smallest absolute Gasteiger partial charge is 0.0540 e. The third-order valence-electron chi connectivity index (χ3n) is 4.28. The molecule has 0 amide bonds. The molecule has 6 heteroatoms. The number of piperazine rings is 1. The number of anilines is 2. The second kappa shape index (κ2) is 7.90. The second-order valence-corrected chi connectivity index (χ2v) is 7.16. The summed E-state index contributed by atoms with van der Waals surface area (Å²) in [6, 6.07) is 8.68. The summed E-state index contributed by atoms with van der Waals surface area (Å²) in [5, 5.41) is 14.3. The van der Waals surface area contributed by atoms with E-state index in [1.165, 1.54) is 16.9 Å². The lowest BCUT2D eigenvalue weighted by Crippen LogP contribution is -2.43. The zero-order chi connectivity index (χ0) is 16.3. The molecule has 1 fully saturated rings. The molecule has 0 spiro atoms. The lowest BCUT2D eigenvalue weighted by Gasteiger charge is -2.29. The topological polar surface area (TPSA) is 56.0 Å². The number of aromatic nitrogens is 2. The van der Waals surface area contributed by atoms with Gasteiger partial charge in [0.05, 0.1) is 6.20 Å². The van der Waals surface area contributed by atoms with E-state index in [0.29, 0.717) is 0 Å². The predicted molar refractivity (Wildman–Crippen MR) is 103 cm³/mol. The summed E-state index contributed by atoms with van der Waals surface area (Å²) in [6.07, 6.45) is 1.92. The Balaban J connectivity index is 0.00000208. The first-order chi connectivity index (χ1) is 11.0. The molecule has 0 bridgehead atoms. The Morgan fingerprint density at radius 1 is 1.21 bits per heavy atom. The minimum atomic E-state index is 0. The Bertz CT molecular complexity index is 641. The fourth-order valence-electron chi connectivity index (χ4n) is 3.03. The van der Waals surface area contributed by atoms with Crippen LogP contribution in [0.4, 0.5) is 11.4 Å². The SMILES string of the molecule is CC(C)(C)c1[nH]ncc1CNc1cccc(N2CCNCC2)c1.Cl. The highest BCUT2D eigenvalue weighted by molar-refractivity contribution is 5.85. The van der Waals surface area contributed by atoms with E-state index in [9.17, 15) is 0 Å². The van der Waals surface area contributed by atoms with Crippen molar-refractivity contribution in [2.24, 2.45) is 0 Å². The number of halogens is 1. The number of benzene rings is 1. The van der Waals surface area contributed by atoms with Gasteiger partial charge in [-0.25, -0.2) is 0 Å². The molecule has 1 aromatic carbocycles. The van der Waals surface area contributed by atoms with Crippen molar-refractivity contribution in [2.45, 2.75) is 32.7 Å². The first kappa shape index (κ1) is 18.6. The summed E-state index contributed by atoms with van der Waals surface area (Å²) in [7, 11) is 0. The molecule has 0 saturated carbocycles. The van der Waals surface area contributed by atoms with Gasteiger partial charge in [0.1, 0.15) is 0 Å². The molecule has 0 atom stereocenters. The van der Waals surface area contributed by atoms with Crippen molar-refractivity contribution in [3.8, 4) is 0 Å². The van der Waals surface area contributed by atoms with Crippen molar-refractivity contribution < 1.29 is 0 Å². The molecule has 0 unspecified atom stereocenters. The molecule has 1 saturated heterocycles. The Morgan fingerprint density at radius 3 is 2.67 bits per heavy atom. The van der Waals surface area contributed by atoms with E-state index in [1.54, 1.807) is 0 Å². The predicted octanol–water partition coefficient (Wildman–Crippen LogP) is 3.15. The number of nitrogens with zero attached hydrogens (tertiary/aromatic N) is 2. The largest absolute Gasteiger partial charge is 0.381 e. The van der Waals surface area contributed by atoms with Gasteiger partial charge in [-0.2, -0.15) is 5.10 Å². The lowest BCUT2D eigenvalue weighted by atomic mass is 9.89. The van der Waals surface area contributed by atoms with Crippen molar-refractivity contribution >= 4 is 23.8 Å². The highest BCUT2D eigenvalue weighted by Crippen LogP contribution is 2.25. The third-order valence-corrected chi connectivity index (χ3v) is 4.28. The van der Waals surface area contributed by atoms with Crippen LogP contribution >= 0.6 is 12.4 Å². The summed E-state index contributed by atoms with van der Waals surface area (Å²) >= 11 is 0. The Morgan fingerprint density at radius 2 is 1.96 bits per heavy atom. The zero-order valence-corrected chi connectivity index (χ0v) is 15.5. The molecule has 0 aliphatic carbocycles. The van der Waals surface area contributed by atoms with E-state index in [2.05, 4.69) is 70.8 Å².